The third-order valence-corrected chi connectivity index (χ3v) is 2.79. The molecule has 0 saturated carbocycles. The van der Waals surface area contributed by atoms with E-state index in [1.807, 2.05) is 0 Å². The van der Waals surface area contributed by atoms with Crippen LogP contribution in [0.2, 0.25) is 0 Å². The van der Waals surface area contributed by atoms with Crippen LogP contribution in [0.5, 0.6) is 0 Å². The summed E-state index contributed by atoms with van der Waals surface area (Å²) < 4.78 is 5.23. The zero-order valence-electron chi connectivity index (χ0n) is 5.93. The van der Waals surface area contributed by atoms with E-state index >= 15 is 0 Å². The molecule has 0 spiro atoms. The molecule has 4 nitrogen and oxygen atoms in total. The van der Waals surface area contributed by atoms with Crippen molar-refractivity contribution < 1.29 is 14.6 Å². The Morgan fingerprint density at radius 2 is 2.45 bits per heavy atom. The molecule has 4 heteroatoms. The molecule has 0 aromatic carbocycles. The Balaban J connectivity index is 1.94. The van der Waals surface area contributed by atoms with Crippen LogP contribution >= 0.6 is 0 Å². The van der Waals surface area contributed by atoms with E-state index in [0.717, 1.165) is 0 Å². The van der Waals surface area contributed by atoms with Crippen molar-refractivity contribution in [2.24, 2.45) is 0 Å². The molecule has 4 atom stereocenters. The molecule has 3 heterocycles. The predicted molar refractivity (Wildman–Crippen MR) is 34.8 cm³/mol. The van der Waals surface area contributed by atoms with Crippen molar-refractivity contribution in [2.45, 2.75) is 30.8 Å². The second-order valence-electron chi connectivity index (χ2n) is 3.45. The standard InChI is InChI=1S/C7H9NO3/c9-3-1-5(10)8-2-4-7(11-4)6(3)8/h3-4,6-7,9H,1-2H2. The average Bonchev–Trinajstić information content (AvgIpc) is 2.51. The van der Waals surface area contributed by atoms with Crippen molar-refractivity contribution in [3.8, 4) is 0 Å². The van der Waals surface area contributed by atoms with Crippen LogP contribution in [0.4, 0.5) is 0 Å². The number of hydrogen-bond acceptors (Lipinski definition) is 3. The van der Waals surface area contributed by atoms with Gasteiger partial charge in [-0.15, -0.1) is 0 Å². The second kappa shape index (κ2) is 1.59. The third kappa shape index (κ3) is 0.594. The monoisotopic (exact) mass is 155 g/mol. The number of rotatable bonds is 0. The Kier molecular flexibility index (Phi) is 0.863. The fourth-order valence-corrected chi connectivity index (χ4v) is 2.21. The molecule has 0 aromatic heterocycles. The van der Waals surface area contributed by atoms with E-state index in [0.29, 0.717) is 6.54 Å². The Labute approximate surface area is 63.7 Å². The number of nitrogens with zero attached hydrogens (tertiary/aromatic N) is 1. The van der Waals surface area contributed by atoms with Gasteiger partial charge in [0.05, 0.1) is 25.1 Å². The van der Waals surface area contributed by atoms with Crippen molar-refractivity contribution in [1.29, 1.82) is 0 Å². The molecule has 3 aliphatic rings. The lowest BCUT2D eigenvalue weighted by molar-refractivity contribution is -0.129. The van der Waals surface area contributed by atoms with Crippen molar-refractivity contribution in [1.82, 2.24) is 4.90 Å². The van der Waals surface area contributed by atoms with Crippen LogP contribution in [-0.4, -0.2) is 46.8 Å². The number of hydrogen-bond donors (Lipinski definition) is 1. The molecule has 60 valence electrons. The van der Waals surface area contributed by atoms with E-state index < -0.39 is 6.10 Å². The Hall–Kier alpha value is -0.610. The van der Waals surface area contributed by atoms with Crippen molar-refractivity contribution in [3.63, 3.8) is 0 Å². The number of carbonyl (C=O) groups excluding carboxylic acids is 1. The molecule has 0 aliphatic carbocycles. The first-order valence-electron chi connectivity index (χ1n) is 3.90. The lowest BCUT2D eigenvalue weighted by Crippen LogP contribution is -2.36. The minimum atomic E-state index is -0.486. The van der Waals surface area contributed by atoms with Gasteiger partial charge in [-0.1, -0.05) is 0 Å². The summed E-state index contributed by atoms with van der Waals surface area (Å²) in [6.07, 6.45) is 0.187. The molecule has 3 aliphatic heterocycles. The fraction of sp³-hybridized carbons (Fsp3) is 0.857. The van der Waals surface area contributed by atoms with Crippen LogP contribution in [0.1, 0.15) is 6.42 Å². The molecular weight excluding hydrogens is 146 g/mol. The molecule has 3 fully saturated rings. The second-order valence-corrected chi connectivity index (χ2v) is 3.45. The molecule has 11 heavy (non-hydrogen) atoms. The zero-order valence-corrected chi connectivity index (χ0v) is 5.93. The van der Waals surface area contributed by atoms with Gasteiger partial charge in [-0.3, -0.25) is 4.79 Å². The number of aliphatic hydroxyl groups excluding tert-OH is 1. The van der Waals surface area contributed by atoms with Gasteiger partial charge in [0.25, 0.3) is 0 Å². The fourth-order valence-electron chi connectivity index (χ4n) is 2.21. The summed E-state index contributed by atoms with van der Waals surface area (Å²) in [5.41, 5.74) is 0. The molecular formula is C7H9NO3. The highest BCUT2D eigenvalue weighted by Gasteiger charge is 2.61. The molecule has 0 radical (unpaired) electrons. The minimum Gasteiger partial charge on any atom is -0.390 e. The summed E-state index contributed by atoms with van der Waals surface area (Å²) >= 11 is 0. The molecule has 3 rings (SSSR count). The highest BCUT2D eigenvalue weighted by molar-refractivity contribution is 5.80. The third-order valence-electron chi connectivity index (χ3n) is 2.79. The summed E-state index contributed by atoms with van der Waals surface area (Å²) in [4.78, 5) is 12.9. The molecule has 1 amide bonds. The molecule has 1 N–H and O–H groups in total. The topological polar surface area (TPSA) is 53.1 Å². The van der Waals surface area contributed by atoms with Gasteiger partial charge in [0.2, 0.25) is 5.91 Å². The van der Waals surface area contributed by atoms with Gasteiger partial charge >= 0.3 is 0 Å². The minimum absolute atomic E-state index is 0.0208. The van der Waals surface area contributed by atoms with Gasteiger partial charge in [-0.25, -0.2) is 0 Å². The molecule has 0 aromatic rings. The number of morpholine rings is 1. The molecule has 0 bridgehead atoms. The van der Waals surface area contributed by atoms with Gasteiger partial charge in [0, 0.05) is 0 Å². The Bertz CT molecular complexity index is 230. The smallest absolute Gasteiger partial charge is 0.225 e. The SMILES string of the molecule is O=C1CC(O)C2C3OC3CN12. The van der Waals surface area contributed by atoms with Crippen molar-refractivity contribution >= 4 is 5.91 Å². The maximum atomic E-state index is 11.1. The van der Waals surface area contributed by atoms with Crippen LogP contribution in [0.15, 0.2) is 0 Å². The van der Waals surface area contributed by atoms with Crippen LogP contribution in [-0.2, 0) is 9.53 Å². The van der Waals surface area contributed by atoms with Gasteiger partial charge in [-0.2, -0.15) is 0 Å². The Morgan fingerprint density at radius 1 is 1.64 bits per heavy atom. The normalized spacial score (nSPS) is 52.8. The van der Waals surface area contributed by atoms with Crippen LogP contribution < -0.4 is 0 Å². The maximum absolute atomic E-state index is 11.1. The van der Waals surface area contributed by atoms with Crippen LogP contribution in [0, 0.1) is 0 Å². The number of epoxide rings is 1. The highest BCUT2D eigenvalue weighted by Crippen LogP contribution is 2.42. The first-order chi connectivity index (χ1) is 5.27. The first-order valence-corrected chi connectivity index (χ1v) is 3.90. The molecule has 3 saturated heterocycles. The van der Waals surface area contributed by atoms with E-state index in [2.05, 4.69) is 0 Å². The summed E-state index contributed by atoms with van der Waals surface area (Å²) in [5.74, 6) is 0.0818. The summed E-state index contributed by atoms with van der Waals surface area (Å²) in [6, 6.07) is -0.0208. The van der Waals surface area contributed by atoms with Gasteiger partial charge in [0.1, 0.15) is 12.2 Å². The lowest BCUT2D eigenvalue weighted by Gasteiger charge is -2.18. The largest absolute Gasteiger partial charge is 0.390 e. The first kappa shape index (κ1) is 5.97. The summed E-state index contributed by atoms with van der Waals surface area (Å²) in [7, 11) is 0. The van der Waals surface area contributed by atoms with Gasteiger partial charge < -0.3 is 14.7 Å². The summed E-state index contributed by atoms with van der Waals surface area (Å²) in [6.45, 7) is 0.700. The van der Waals surface area contributed by atoms with Gasteiger partial charge in [0.15, 0.2) is 0 Å². The number of fused-ring (bicyclic) bond motifs is 3. The number of carbonyl (C=O) groups is 1. The van der Waals surface area contributed by atoms with Crippen molar-refractivity contribution in [2.75, 3.05) is 6.54 Å². The zero-order chi connectivity index (χ0) is 7.59. The van der Waals surface area contributed by atoms with E-state index in [1.54, 1.807) is 4.90 Å². The quantitative estimate of drug-likeness (QED) is 0.444. The summed E-state index contributed by atoms with van der Waals surface area (Å²) in [5, 5.41) is 9.42. The average molecular weight is 155 g/mol. The van der Waals surface area contributed by atoms with E-state index in [4.69, 9.17) is 4.74 Å². The maximum Gasteiger partial charge on any atom is 0.225 e. The number of aliphatic hydroxyl groups is 1. The van der Waals surface area contributed by atoms with E-state index in [9.17, 15) is 9.90 Å². The van der Waals surface area contributed by atoms with Crippen LogP contribution in [0.25, 0.3) is 0 Å². The number of ether oxygens (including phenoxy) is 1. The van der Waals surface area contributed by atoms with Crippen LogP contribution in [0.3, 0.4) is 0 Å². The molecule has 4 unspecified atom stereocenters. The Morgan fingerprint density at radius 3 is 3.18 bits per heavy atom. The van der Waals surface area contributed by atoms with Crippen molar-refractivity contribution in [3.05, 3.63) is 0 Å². The number of amides is 1. The highest BCUT2D eigenvalue weighted by atomic mass is 16.6. The van der Waals surface area contributed by atoms with Gasteiger partial charge in [-0.05, 0) is 0 Å². The lowest BCUT2D eigenvalue weighted by atomic mass is 10.1. The van der Waals surface area contributed by atoms with E-state index in [-0.39, 0.29) is 30.6 Å². The van der Waals surface area contributed by atoms with E-state index in [1.165, 1.54) is 0 Å². The predicted octanol–water partition coefficient (Wildman–Crippen LogP) is -1.27.